The number of ether oxygens (including phenoxy) is 1. The number of nitrogens with one attached hydrogen (secondary N) is 1. The third-order valence-corrected chi connectivity index (χ3v) is 6.13. The summed E-state index contributed by atoms with van der Waals surface area (Å²) in [4.78, 5) is 26.1. The first kappa shape index (κ1) is 25.6. The Hall–Kier alpha value is -3.07. The Morgan fingerprint density at radius 2 is 1.85 bits per heavy atom. The van der Waals surface area contributed by atoms with Crippen LogP contribution < -0.4 is 15.8 Å². The van der Waals surface area contributed by atoms with E-state index in [0.717, 1.165) is 17.7 Å². The highest BCUT2D eigenvalue weighted by molar-refractivity contribution is 5.92. The number of nitrogens with two attached hydrogens (primary N) is 1. The zero-order valence-electron chi connectivity index (χ0n) is 19.5. The van der Waals surface area contributed by atoms with E-state index in [1.807, 2.05) is 20.8 Å². The first-order chi connectivity index (χ1) is 15.8. The quantitative estimate of drug-likeness (QED) is 0.594. The Morgan fingerprint density at radius 3 is 2.47 bits per heavy atom. The molecule has 3 rings (SSSR count). The summed E-state index contributed by atoms with van der Waals surface area (Å²) in [5.74, 6) is -0.446. The molecular formula is C25H30F3N3O3. The van der Waals surface area contributed by atoms with E-state index >= 15 is 0 Å². The lowest BCUT2D eigenvalue weighted by atomic mass is 9.97. The number of nitrogens with zero attached hydrogens (tertiary/aromatic N) is 1. The number of rotatable bonds is 8. The molecule has 2 aromatic carbocycles. The van der Waals surface area contributed by atoms with Gasteiger partial charge in [-0.25, -0.2) is 0 Å². The molecule has 34 heavy (non-hydrogen) atoms. The van der Waals surface area contributed by atoms with E-state index in [1.165, 1.54) is 12.1 Å². The third-order valence-electron chi connectivity index (χ3n) is 6.13. The smallest absolute Gasteiger partial charge is 0.416 e. The molecular weight excluding hydrogens is 447 g/mol. The van der Waals surface area contributed by atoms with Gasteiger partial charge in [0.25, 0.3) is 0 Å². The van der Waals surface area contributed by atoms with E-state index in [4.69, 9.17) is 10.5 Å². The highest BCUT2D eigenvalue weighted by Gasteiger charge is 2.36. The Bertz CT molecular complexity index is 1020. The Kier molecular flexibility index (Phi) is 7.55. The molecule has 6 nitrogen and oxygen atoms in total. The van der Waals surface area contributed by atoms with Crippen molar-refractivity contribution in [1.29, 1.82) is 0 Å². The van der Waals surface area contributed by atoms with E-state index in [1.54, 1.807) is 24.3 Å². The molecule has 1 fully saturated rings. The fourth-order valence-corrected chi connectivity index (χ4v) is 4.13. The van der Waals surface area contributed by atoms with Gasteiger partial charge < -0.3 is 15.8 Å². The van der Waals surface area contributed by atoms with Crippen LogP contribution in [0.4, 0.5) is 13.2 Å². The van der Waals surface area contributed by atoms with Crippen LogP contribution in [0.1, 0.15) is 61.1 Å². The van der Waals surface area contributed by atoms with Gasteiger partial charge in [0.05, 0.1) is 11.6 Å². The minimum Gasteiger partial charge on any atom is -0.489 e. The molecule has 1 aliphatic heterocycles. The lowest BCUT2D eigenvalue weighted by Crippen LogP contribution is -2.46. The van der Waals surface area contributed by atoms with Crippen LogP contribution in [0.3, 0.4) is 0 Å². The predicted octanol–water partition coefficient (Wildman–Crippen LogP) is 4.30. The predicted molar refractivity (Wildman–Crippen MR) is 122 cm³/mol. The van der Waals surface area contributed by atoms with E-state index in [0.29, 0.717) is 25.1 Å². The van der Waals surface area contributed by atoms with Crippen LogP contribution in [0.15, 0.2) is 48.5 Å². The standard InChI is InChI=1S/C25H30F3N3O3/c1-16(17-7-9-18(10-8-17)23(29)33)30-22(32)14-24(2,3)31-12-11-21(15-31)34-20-6-4-5-19(13-20)25(26,27)28/h4-10,13,16,21H,11-12,14-15H2,1-3H3,(H2,29,33)(H,30,32)/t16?,21-/m1/s1. The van der Waals surface area contributed by atoms with Gasteiger partial charge >= 0.3 is 6.18 Å². The molecule has 0 aliphatic carbocycles. The molecule has 2 atom stereocenters. The maximum absolute atomic E-state index is 12.9. The molecule has 0 saturated carbocycles. The van der Waals surface area contributed by atoms with Crippen LogP contribution >= 0.6 is 0 Å². The summed E-state index contributed by atoms with van der Waals surface area (Å²) in [6.07, 6.45) is -3.78. The minimum absolute atomic E-state index is 0.126. The number of hydrogen-bond acceptors (Lipinski definition) is 4. The second kappa shape index (κ2) is 10.0. The molecule has 0 bridgehead atoms. The van der Waals surface area contributed by atoms with Gasteiger partial charge in [-0.15, -0.1) is 0 Å². The fraction of sp³-hybridized carbons (Fsp3) is 0.440. The molecule has 1 saturated heterocycles. The molecule has 1 unspecified atom stereocenters. The van der Waals surface area contributed by atoms with Gasteiger partial charge in [0, 0.05) is 30.6 Å². The lowest BCUT2D eigenvalue weighted by Gasteiger charge is -2.35. The molecule has 0 radical (unpaired) electrons. The molecule has 2 aromatic rings. The van der Waals surface area contributed by atoms with E-state index in [2.05, 4.69) is 10.2 Å². The summed E-state index contributed by atoms with van der Waals surface area (Å²) in [6.45, 7) is 6.98. The molecule has 3 N–H and O–H groups in total. The Morgan fingerprint density at radius 1 is 1.18 bits per heavy atom. The number of likely N-dealkylation sites (tertiary alicyclic amines) is 1. The summed E-state index contributed by atoms with van der Waals surface area (Å²) in [7, 11) is 0. The molecule has 1 aliphatic rings. The summed E-state index contributed by atoms with van der Waals surface area (Å²) >= 11 is 0. The number of amides is 2. The zero-order chi connectivity index (χ0) is 25.1. The molecule has 0 aromatic heterocycles. The molecule has 0 spiro atoms. The minimum atomic E-state index is -4.42. The fourth-order valence-electron chi connectivity index (χ4n) is 4.13. The number of alkyl halides is 3. The van der Waals surface area contributed by atoms with Crippen molar-refractivity contribution in [3.8, 4) is 5.75 Å². The highest BCUT2D eigenvalue weighted by Crippen LogP contribution is 2.33. The summed E-state index contributed by atoms with van der Waals surface area (Å²) in [5.41, 5.74) is 5.31. The summed E-state index contributed by atoms with van der Waals surface area (Å²) in [6, 6.07) is 11.4. The molecule has 2 amide bonds. The van der Waals surface area contributed by atoms with Gasteiger partial charge in [-0.1, -0.05) is 18.2 Å². The number of halogens is 3. The van der Waals surface area contributed by atoms with E-state index in [9.17, 15) is 22.8 Å². The van der Waals surface area contributed by atoms with Crippen LogP contribution in [0.5, 0.6) is 5.75 Å². The average Bonchev–Trinajstić information content (AvgIpc) is 3.22. The second-order valence-corrected chi connectivity index (χ2v) is 9.26. The first-order valence-corrected chi connectivity index (χ1v) is 11.1. The van der Waals surface area contributed by atoms with Crippen LogP contribution in [-0.4, -0.2) is 41.4 Å². The number of carbonyl (C=O) groups is 2. The van der Waals surface area contributed by atoms with Gasteiger partial charge in [0.2, 0.25) is 11.8 Å². The van der Waals surface area contributed by atoms with Gasteiger partial charge in [-0.2, -0.15) is 13.2 Å². The SMILES string of the molecule is CC(NC(=O)CC(C)(C)N1CC[C@@H](Oc2cccc(C(F)(F)F)c2)C1)c1ccc(C(N)=O)cc1. The lowest BCUT2D eigenvalue weighted by molar-refractivity contribution is -0.137. The van der Waals surface area contributed by atoms with Crippen LogP contribution in [0, 0.1) is 0 Å². The van der Waals surface area contributed by atoms with Crippen molar-refractivity contribution in [3.05, 3.63) is 65.2 Å². The maximum atomic E-state index is 12.9. The van der Waals surface area contributed by atoms with Crippen molar-refractivity contribution >= 4 is 11.8 Å². The van der Waals surface area contributed by atoms with E-state index < -0.39 is 23.2 Å². The van der Waals surface area contributed by atoms with E-state index in [-0.39, 0.29) is 30.2 Å². The van der Waals surface area contributed by atoms with Gasteiger partial charge in [0.15, 0.2) is 0 Å². The van der Waals surface area contributed by atoms with Gasteiger partial charge in [-0.05, 0) is 63.1 Å². The molecule has 1 heterocycles. The van der Waals surface area contributed by atoms with Crippen molar-refractivity contribution in [2.45, 2.75) is 57.5 Å². The Balaban J connectivity index is 1.54. The normalized spacial score (nSPS) is 17.9. The topological polar surface area (TPSA) is 84.7 Å². The summed E-state index contributed by atoms with van der Waals surface area (Å²) < 4.78 is 44.7. The Labute approximate surface area is 197 Å². The van der Waals surface area contributed by atoms with Crippen LogP contribution in [-0.2, 0) is 11.0 Å². The monoisotopic (exact) mass is 477 g/mol. The van der Waals surface area contributed by atoms with Crippen LogP contribution in [0.2, 0.25) is 0 Å². The number of hydrogen-bond donors (Lipinski definition) is 2. The zero-order valence-corrected chi connectivity index (χ0v) is 19.5. The number of carbonyl (C=O) groups excluding carboxylic acids is 2. The average molecular weight is 478 g/mol. The second-order valence-electron chi connectivity index (χ2n) is 9.26. The molecule has 9 heteroatoms. The van der Waals surface area contributed by atoms with Gasteiger partial charge in [0.1, 0.15) is 11.9 Å². The third kappa shape index (κ3) is 6.50. The van der Waals surface area contributed by atoms with Gasteiger partial charge in [-0.3, -0.25) is 14.5 Å². The highest BCUT2D eigenvalue weighted by atomic mass is 19.4. The van der Waals surface area contributed by atoms with Crippen molar-refractivity contribution in [2.75, 3.05) is 13.1 Å². The van der Waals surface area contributed by atoms with Crippen molar-refractivity contribution in [2.24, 2.45) is 5.73 Å². The maximum Gasteiger partial charge on any atom is 0.416 e. The first-order valence-electron chi connectivity index (χ1n) is 11.1. The van der Waals surface area contributed by atoms with Crippen LogP contribution in [0.25, 0.3) is 0 Å². The van der Waals surface area contributed by atoms with Crippen molar-refractivity contribution < 1.29 is 27.5 Å². The largest absolute Gasteiger partial charge is 0.489 e. The number of benzene rings is 2. The number of primary amides is 1. The van der Waals surface area contributed by atoms with Crippen molar-refractivity contribution in [1.82, 2.24) is 10.2 Å². The molecule has 184 valence electrons. The van der Waals surface area contributed by atoms with Crippen molar-refractivity contribution in [3.63, 3.8) is 0 Å². The summed E-state index contributed by atoms with van der Waals surface area (Å²) in [5, 5.41) is 2.98.